The fourth-order valence-electron chi connectivity index (χ4n) is 12.2. The van der Waals surface area contributed by atoms with Crippen molar-refractivity contribution in [2.75, 3.05) is 59.7 Å². The summed E-state index contributed by atoms with van der Waals surface area (Å²) in [5.41, 5.74) is 1.01. The van der Waals surface area contributed by atoms with Crippen LogP contribution in [0.15, 0.2) is 36.4 Å². The molecule has 0 saturated carbocycles. The van der Waals surface area contributed by atoms with E-state index in [1.807, 2.05) is 36.4 Å². The number of amides is 2. The zero-order chi connectivity index (χ0) is 63.3. The molecule has 2 aromatic rings. The van der Waals surface area contributed by atoms with E-state index in [1.54, 1.807) is 16.8 Å². The van der Waals surface area contributed by atoms with Crippen LogP contribution >= 0.6 is 0 Å². The third kappa shape index (κ3) is 44.9. The van der Waals surface area contributed by atoms with Gasteiger partial charge in [-0.2, -0.15) is 0 Å². The van der Waals surface area contributed by atoms with E-state index in [0.29, 0.717) is 67.1 Å². The molecule has 0 spiro atoms. The minimum atomic E-state index is -0.211. The van der Waals surface area contributed by atoms with Crippen molar-refractivity contribution in [3.05, 3.63) is 47.5 Å². The average Bonchev–Trinajstić information content (AvgIpc) is 3.69. The zero-order valence-electron chi connectivity index (χ0n) is 58.7. The highest BCUT2D eigenvalue weighted by Gasteiger charge is 2.22. The summed E-state index contributed by atoms with van der Waals surface area (Å²) in [5, 5.41) is 10.2. The number of rotatable bonds is 67. The van der Waals surface area contributed by atoms with Crippen molar-refractivity contribution >= 4 is 11.8 Å². The van der Waals surface area contributed by atoms with Crippen molar-refractivity contribution in [1.29, 1.82) is 0 Å². The topological polar surface area (TPSA) is 97.8 Å². The molecule has 0 saturated heterocycles. The van der Waals surface area contributed by atoms with Gasteiger partial charge in [0.1, 0.15) is 0 Å². The van der Waals surface area contributed by atoms with E-state index in [0.717, 1.165) is 51.4 Å². The summed E-state index contributed by atoms with van der Waals surface area (Å²) in [7, 11) is 1.78. The predicted octanol–water partition coefficient (Wildman–Crippen LogP) is 23.8. The van der Waals surface area contributed by atoms with E-state index in [2.05, 4.69) is 27.7 Å². The van der Waals surface area contributed by atoms with Gasteiger partial charge >= 0.3 is 0 Å². The molecule has 88 heavy (non-hydrogen) atoms. The fraction of sp³-hybridized carbons (Fsp3) is 0.823. The SMILES string of the molecule is CCCCCCCCCCCCCCCOc1ccc(C(=O)N(C)CCN(CCO)C(=O)c2ccc(OCCCCCCCCCCCCCCC)c(OCCCCCCCCCCCCCCC)c2)cc1OCCCCCCCCCCCCCCC. The second-order valence-electron chi connectivity index (χ2n) is 26.4. The molecule has 2 aromatic carbocycles. The number of hydrogen-bond donors (Lipinski definition) is 1. The molecule has 2 rings (SSSR count). The Hall–Kier alpha value is -3.46. The van der Waals surface area contributed by atoms with Crippen LogP contribution in [0.25, 0.3) is 0 Å². The van der Waals surface area contributed by atoms with Gasteiger partial charge in [0.25, 0.3) is 11.8 Å². The minimum absolute atomic E-state index is 0.149. The van der Waals surface area contributed by atoms with Crippen molar-refractivity contribution in [1.82, 2.24) is 9.80 Å². The first kappa shape index (κ1) is 80.6. The van der Waals surface area contributed by atoms with Crippen molar-refractivity contribution in [2.45, 2.75) is 362 Å². The van der Waals surface area contributed by atoms with Gasteiger partial charge in [-0.05, 0) is 62.1 Å². The van der Waals surface area contributed by atoms with Crippen LogP contribution in [0.5, 0.6) is 23.0 Å². The number of aliphatic hydroxyl groups is 1. The quantitative estimate of drug-likeness (QED) is 0.0659. The summed E-state index contributed by atoms with van der Waals surface area (Å²) < 4.78 is 25.7. The number of hydrogen-bond acceptors (Lipinski definition) is 7. The lowest BCUT2D eigenvalue weighted by atomic mass is 10.0. The first-order chi connectivity index (χ1) is 43.4. The standard InChI is InChI=1S/C79H142N2O7/c1-6-10-14-18-22-26-30-34-38-42-46-50-54-66-85-74-60-58-72(70-76(74)87-68-56-52-48-44-40-36-32-28-24-20-16-12-8-3)78(83)80(5)62-63-81(64-65-82)79(84)73-59-61-75(86-67-55-51-47-43-39-35-31-27-23-19-15-11-7-2)77(71-73)88-69-57-53-49-45-41-37-33-29-25-21-17-13-9-4/h58-61,70-71,82H,6-57,62-69H2,1-5H3. The van der Waals surface area contributed by atoms with Gasteiger partial charge in [0, 0.05) is 37.8 Å². The van der Waals surface area contributed by atoms with Crippen LogP contribution in [-0.4, -0.2) is 86.4 Å². The molecule has 1 N–H and O–H groups in total. The van der Waals surface area contributed by atoms with Crippen molar-refractivity contribution in [2.24, 2.45) is 0 Å². The van der Waals surface area contributed by atoms with Crippen LogP contribution in [0.4, 0.5) is 0 Å². The largest absolute Gasteiger partial charge is 0.490 e. The first-order valence-corrected chi connectivity index (χ1v) is 38.3. The Morgan fingerprint density at radius 3 is 0.773 bits per heavy atom. The van der Waals surface area contributed by atoms with Gasteiger partial charge in [0.05, 0.1) is 33.0 Å². The number of likely N-dealkylation sites (N-methyl/N-ethyl adjacent to an activating group) is 1. The maximum Gasteiger partial charge on any atom is 0.254 e. The predicted molar refractivity (Wildman–Crippen MR) is 378 cm³/mol. The molecule has 9 heteroatoms. The second kappa shape index (κ2) is 61.1. The number of ether oxygens (including phenoxy) is 4. The lowest BCUT2D eigenvalue weighted by molar-refractivity contribution is 0.0662. The number of benzene rings is 2. The highest BCUT2D eigenvalue weighted by Crippen LogP contribution is 2.32. The number of carbonyl (C=O) groups excluding carboxylic acids is 2. The third-order valence-electron chi connectivity index (χ3n) is 18.1. The first-order valence-electron chi connectivity index (χ1n) is 38.3. The summed E-state index contributed by atoms with van der Waals surface area (Å²) in [4.78, 5) is 31.8. The van der Waals surface area contributed by atoms with Gasteiger partial charge in [0.15, 0.2) is 23.0 Å². The molecule has 0 aliphatic rings. The molecule has 2 amide bonds. The molecule has 0 aliphatic heterocycles. The van der Waals surface area contributed by atoms with Crippen LogP contribution in [0.2, 0.25) is 0 Å². The number of carbonyl (C=O) groups is 2. The molecular formula is C79H142N2O7. The van der Waals surface area contributed by atoms with Crippen LogP contribution in [0, 0.1) is 0 Å². The monoisotopic (exact) mass is 1230 g/mol. The molecule has 0 radical (unpaired) electrons. The molecule has 0 heterocycles. The fourth-order valence-corrected chi connectivity index (χ4v) is 12.2. The Balaban J connectivity index is 2.03. The lowest BCUT2D eigenvalue weighted by Crippen LogP contribution is -2.40. The van der Waals surface area contributed by atoms with Crippen LogP contribution in [0.1, 0.15) is 382 Å². The van der Waals surface area contributed by atoms with Gasteiger partial charge in [-0.3, -0.25) is 9.59 Å². The number of aliphatic hydroxyl groups excluding tert-OH is 1. The minimum Gasteiger partial charge on any atom is -0.490 e. The number of unbranched alkanes of at least 4 members (excludes halogenated alkanes) is 48. The van der Waals surface area contributed by atoms with E-state index in [9.17, 15) is 14.7 Å². The second-order valence-corrected chi connectivity index (χ2v) is 26.4. The van der Waals surface area contributed by atoms with Crippen LogP contribution in [-0.2, 0) is 0 Å². The Labute approximate surface area is 544 Å². The normalized spacial score (nSPS) is 11.4. The van der Waals surface area contributed by atoms with Gasteiger partial charge in [-0.25, -0.2) is 0 Å². The lowest BCUT2D eigenvalue weighted by Gasteiger charge is -2.26. The van der Waals surface area contributed by atoms with E-state index < -0.39 is 0 Å². The van der Waals surface area contributed by atoms with E-state index in [4.69, 9.17) is 18.9 Å². The summed E-state index contributed by atoms with van der Waals surface area (Å²) in [6, 6.07) is 11.1. The number of nitrogens with zero attached hydrogens (tertiary/aromatic N) is 2. The summed E-state index contributed by atoms with van der Waals surface area (Å²) in [5.74, 6) is 2.22. The van der Waals surface area contributed by atoms with E-state index in [-0.39, 0.29) is 31.5 Å². The average molecular weight is 1230 g/mol. The molecule has 0 unspecified atom stereocenters. The molecule has 0 bridgehead atoms. The molecule has 0 aromatic heterocycles. The zero-order valence-corrected chi connectivity index (χ0v) is 58.7. The van der Waals surface area contributed by atoms with Gasteiger partial charge in [0.2, 0.25) is 0 Å². The van der Waals surface area contributed by atoms with Crippen LogP contribution < -0.4 is 18.9 Å². The summed E-state index contributed by atoms with van der Waals surface area (Å²) in [6.07, 6.45) is 67.5. The highest BCUT2D eigenvalue weighted by molar-refractivity contribution is 5.96. The highest BCUT2D eigenvalue weighted by atomic mass is 16.5. The summed E-state index contributed by atoms with van der Waals surface area (Å²) >= 11 is 0. The van der Waals surface area contributed by atoms with Gasteiger partial charge in [-0.1, -0.05) is 336 Å². The van der Waals surface area contributed by atoms with Crippen molar-refractivity contribution < 1.29 is 33.6 Å². The Morgan fingerprint density at radius 2 is 0.523 bits per heavy atom. The molecule has 0 aliphatic carbocycles. The Kier molecular flexibility index (Phi) is 56.0. The van der Waals surface area contributed by atoms with Crippen LogP contribution in [0.3, 0.4) is 0 Å². The molecule has 0 atom stereocenters. The maximum atomic E-state index is 14.3. The Bertz CT molecular complexity index is 1860. The third-order valence-corrected chi connectivity index (χ3v) is 18.1. The van der Waals surface area contributed by atoms with E-state index in [1.165, 1.54) is 283 Å². The van der Waals surface area contributed by atoms with Gasteiger partial charge < -0.3 is 33.9 Å². The van der Waals surface area contributed by atoms with Crippen molar-refractivity contribution in [3.63, 3.8) is 0 Å². The molecular weight excluding hydrogens is 1090 g/mol. The maximum absolute atomic E-state index is 14.3. The Morgan fingerprint density at radius 1 is 0.295 bits per heavy atom. The molecule has 9 nitrogen and oxygen atoms in total. The molecule has 510 valence electrons. The summed E-state index contributed by atoms with van der Waals surface area (Å²) in [6.45, 7) is 12.0. The van der Waals surface area contributed by atoms with Gasteiger partial charge in [-0.15, -0.1) is 0 Å². The van der Waals surface area contributed by atoms with E-state index >= 15 is 0 Å². The van der Waals surface area contributed by atoms with Crippen molar-refractivity contribution in [3.8, 4) is 23.0 Å². The molecule has 0 fully saturated rings. The smallest absolute Gasteiger partial charge is 0.254 e.